The standard InChI is InChI=1S/C23H23Cl2N3O3S3/c1-26-34(30,31)21-5-3-2-4-20(21)32-14-22(29)28-10-8-15(9-11-28)23-27-19(13-33-23)16-6-7-17(24)18(25)12-16/h2-7,12-13,15,26H,8-11,14H2,1H3. The van der Waals surface area contributed by atoms with Gasteiger partial charge in [-0.05, 0) is 44.2 Å². The lowest BCUT2D eigenvalue weighted by atomic mass is 9.97. The number of hydrogen-bond donors (Lipinski definition) is 1. The molecule has 0 atom stereocenters. The zero-order chi connectivity index (χ0) is 24.3. The summed E-state index contributed by atoms with van der Waals surface area (Å²) in [6, 6.07) is 12.2. The first-order valence-electron chi connectivity index (χ1n) is 10.6. The Morgan fingerprint density at radius 3 is 2.62 bits per heavy atom. The minimum absolute atomic E-state index is 0.00995. The third kappa shape index (κ3) is 5.78. The van der Waals surface area contributed by atoms with Crippen molar-refractivity contribution in [3.8, 4) is 11.3 Å². The molecule has 6 nitrogen and oxygen atoms in total. The number of piperidine rings is 1. The molecule has 2 aromatic carbocycles. The second kappa shape index (κ2) is 11.0. The Bertz CT molecular complexity index is 1290. The van der Waals surface area contributed by atoms with Crippen LogP contribution in [0.25, 0.3) is 11.3 Å². The van der Waals surface area contributed by atoms with Crippen LogP contribution < -0.4 is 4.72 Å². The molecule has 0 spiro atoms. The van der Waals surface area contributed by atoms with Gasteiger partial charge in [-0.2, -0.15) is 0 Å². The van der Waals surface area contributed by atoms with Gasteiger partial charge in [-0.1, -0.05) is 41.4 Å². The summed E-state index contributed by atoms with van der Waals surface area (Å²) in [5.41, 5.74) is 1.81. The van der Waals surface area contributed by atoms with Gasteiger partial charge in [0.1, 0.15) is 0 Å². The van der Waals surface area contributed by atoms with Crippen LogP contribution in [0.3, 0.4) is 0 Å². The Morgan fingerprint density at radius 1 is 1.18 bits per heavy atom. The maximum atomic E-state index is 12.8. The monoisotopic (exact) mass is 555 g/mol. The van der Waals surface area contributed by atoms with Gasteiger partial charge in [0, 0.05) is 34.8 Å². The smallest absolute Gasteiger partial charge is 0.241 e. The van der Waals surface area contributed by atoms with Gasteiger partial charge in [0.25, 0.3) is 0 Å². The Kier molecular flexibility index (Phi) is 8.22. The molecule has 1 fully saturated rings. The van der Waals surface area contributed by atoms with E-state index in [1.807, 2.05) is 22.4 Å². The van der Waals surface area contributed by atoms with Gasteiger partial charge in [-0.3, -0.25) is 4.79 Å². The topological polar surface area (TPSA) is 79.4 Å². The minimum atomic E-state index is -3.58. The van der Waals surface area contributed by atoms with Crippen molar-refractivity contribution in [3.63, 3.8) is 0 Å². The first-order chi connectivity index (χ1) is 16.3. The number of nitrogens with one attached hydrogen (secondary N) is 1. The molecule has 3 aromatic rings. The van der Waals surface area contributed by atoms with Crippen molar-refractivity contribution in [1.82, 2.24) is 14.6 Å². The maximum Gasteiger partial charge on any atom is 0.241 e. The number of thiazole rings is 1. The number of benzene rings is 2. The molecule has 11 heteroatoms. The average Bonchev–Trinajstić information content (AvgIpc) is 3.35. The van der Waals surface area contributed by atoms with Crippen LogP contribution in [0.2, 0.25) is 10.0 Å². The number of aromatic nitrogens is 1. The van der Waals surface area contributed by atoms with Crippen LogP contribution >= 0.6 is 46.3 Å². The van der Waals surface area contributed by atoms with Crippen LogP contribution in [0.1, 0.15) is 23.8 Å². The minimum Gasteiger partial charge on any atom is -0.342 e. The summed E-state index contributed by atoms with van der Waals surface area (Å²) in [4.78, 5) is 20.2. The van der Waals surface area contributed by atoms with Gasteiger partial charge >= 0.3 is 0 Å². The highest BCUT2D eigenvalue weighted by Crippen LogP contribution is 2.35. The number of rotatable bonds is 7. The number of halogens is 2. The van der Waals surface area contributed by atoms with E-state index in [2.05, 4.69) is 4.72 Å². The molecule has 0 bridgehead atoms. The molecule has 180 valence electrons. The van der Waals surface area contributed by atoms with E-state index in [0.717, 1.165) is 29.1 Å². The molecule has 1 saturated heterocycles. The maximum absolute atomic E-state index is 12.8. The fraction of sp³-hybridized carbons (Fsp3) is 0.304. The van der Waals surface area contributed by atoms with E-state index in [-0.39, 0.29) is 16.6 Å². The fourth-order valence-electron chi connectivity index (χ4n) is 3.77. The highest BCUT2D eigenvalue weighted by Gasteiger charge is 2.26. The summed E-state index contributed by atoms with van der Waals surface area (Å²) in [6.45, 7) is 1.31. The number of amides is 1. The van der Waals surface area contributed by atoms with Gasteiger partial charge in [0.15, 0.2) is 0 Å². The fourth-order valence-corrected chi connectivity index (χ4v) is 7.23. The van der Waals surface area contributed by atoms with Crippen molar-refractivity contribution in [2.24, 2.45) is 0 Å². The van der Waals surface area contributed by atoms with Gasteiger partial charge in [0.2, 0.25) is 15.9 Å². The molecule has 2 heterocycles. The zero-order valence-electron chi connectivity index (χ0n) is 18.3. The third-order valence-electron chi connectivity index (χ3n) is 5.69. The molecule has 1 amide bonds. The molecule has 0 aliphatic carbocycles. The molecule has 4 rings (SSSR count). The summed E-state index contributed by atoms with van der Waals surface area (Å²) >= 11 is 15.0. The van der Waals surface area contributed by atoms with E-state index in [1.165, 1.54) is 18.8 Å². The normalized spacial score (nSPS) is 15.0. The number of hydrogen-bond acceptors (Lipinski definition) is 6. The van der Waals surface area contributed by atoms with Crippen molar-refractivity contribution in [2.75, 3.05) is 25.9 Å². The molecule has 34 heavy (non-hydrogen) atoms. The van der Waals surface area contributed by atoms with Crippen molar-refractivity contribution >= 4 is 62.2 Å². The SMILES string of the molecule is CNS(=O)(=O)c1ccccc1SCC(=O)N1CCC(c2nc(-c3ccc(Cl)c(Cl)c3)cs2)CC1. The summed E-state index contributed by atoms with van der Waals surface area (Å²) in [5, 5.41) is 4.11. The zero-order valence-corrected chi connectivity index (χ0v) is 22.3. The van der Waals surface area contributed by atoms with Crippen LogP contribution in [0.5, 0.6) is 0 Å². The number of sulfonamides is 1. The molecule has 0 unspecified atom stereocenters. The molecular formula is C23H23Cl2N3O3S3. The quantitative estimate of drug-likeness (QED) is 0.388. The molecule has 1 aromatic heterocycles. The second-order valence-corrected chi connectivity index (χ2v) is 12.4. The predicted molar refractivity (Wildman–Crippen MR) is 140 cm³/mol. The Labute approximate surface area is 217 Å². The van der Waals surface area contributed by atoms with E-state index in [1.54, 1.807) is 41.7 Å². The van der Waals surface area contributed by atoms with Crippen molar-refractivity contribution in [2.45, 2.75) is 28.6 Å². The molecule has 1 aliphatic rings. The van der Waals surface area contributed by atoms with E-state index in [9.17, 15) is 13.2 Å². The summed E-state index contributed by atoms with van der Waals surface area (Å²) in [6.07, 6.45) is 1.69. The van der Waals surface area contributed by atoms with E-state index >= 15 is 0 Å². The van der Waals surface area contributed by atoms with Crippen molar-refractivity contribution < 1.29 is 13.2 Å². The third-order valence-corrected chi connectivity index (χ3v) is 10.1. The van der Waals surface area contributed by atoms with Crippen molar-refractivity contribution in [3.05, 3.63) is 62.9 Å². The van der Waals surface area contributed by atoms with Crippen LogP contribution in [0.4, 0.5) is 0 Å². The van der Waals surface area contributed by atoms with Gasteiger partial charge in [0.05, 0.1) is 31.4 Å². The summed E-state index contributed by atoms with van der Waals surface area (Å²) < 4.78 is 26.8. The largest absolute Gasteiger partial charge is 0.342 e. The number of likely N-dealkylation sites (tertiary alicyclic amines) is 1. The predicted octanol–water partition coefficient (Wildman–Crippen LogP) is 5.52. The van der Waals surface area contributed by atoms with Crippen LogP contribution in [-0.4, -0.2) is 50.1 Å². The van der Waals surface area contributed by atoms with Gasteiger partial charge in [-0.15, -0.1) is 23.1 Å². The van der Waals surface area contributed by atoms with Crippen LogP contribution in [-0.2, 0) is 14.8 Å². The summed E-state index contributed by atoms with van der Waals surface area (Å²) in [7, 11) is -2.20. The highest BCUT2D eigenvalue weighted by molar-refractivity contribution is 8.00. The van der Waals surface area contributed by atoms with Crippen LogP contribution in [0, 0.1) is 0 Å². The lowest BCUT2D eigenvalue weighted by molar-refractivity contribution is -0.129. The number of thioether (sulfide) groups is 1. The lowest BCUT2D eigenvalue weighted by Gasteiger charge is -2.31. The molecular weight excluding hydrogens is 533 g/mol. The van der Waals surface area contributed by atoms with Gasteiger partial charge in [-0.25, -0.2) is 18.1 Å². The van der Waals surface area contributed by atoms with E-state index in [0.29, 0.717) is 33.9 Å². The van der Waals surface area contributed by atoms with Crippen LogP contribution in [0.15, 0.2) is 57.6 Å². The first kappa shape index (κ1) is 25.5. The number of carbonyl (C=O) groups is 1. The average molecular weight is 557 g/mol. The number of nitrogens with zero attached hydrogens (tertiary/aromatic N) is 2. The molecule has 0 saturated carbocycles. The Balaban J connectivity index is 1.34. The van der Waals surface area contributed by atoms with E-state index < -0.39 is 10.0 Å². The second-order valence-electron chi connectivity index (χ2n) is 7.80. The summed E-state index contributed by atoms with van der Waals surface area (Å²) in [5.74, 6) is 0.509. The molecule has 1 N–H and O–H groups in total. The lowest BCUT2D eigenvalue weighted by Crippen LogP contribution is -2.38. The molecule has 1 aliphatic heterocycles. The van der Waals surface area contributed by atoms with Gasteiger partial charge < -0.3 is 4.90 Å². The van der Waals surface area contributed by atoms with E-state index in [4.69, 9.17) is 28.2 Å². The Hall–Kier alpha value is -1.62. The molecule has 0 radical (unpaired) electrons. The first-order valence-corrected chi connectivity index (χ1v) is 14.7. The van der Waals surface area contributed by atoms with Crippen molar-refractivity contribution in [1.29, 1.82) is 0 Å². The number of carbonyl (C=O) groups excluding carboxylic acids is 1. The highest BCUT2D eigenvalue weighted by atomic mass is 35.5. The Morgan fingerprint density at radius 2 is 1.91 bits per heavy atom.